The monoisotopic (exact) mass is 355 g/mol. The van der Waals surface area contributed by atoms with Crippen LogP contribution in [-0.4, -0.2) is 21.7 Å². The lowest BCUT2D eigenvalue weighted by Gasteiger charge is -2.07. The number of carbonyl (C=O) groups is 2. The second-order valence-electron chi connectivity index (χ2n) is 5.12. The highest BCUT2D eigenvalue weighted by Crippen LogP contribution is 2.20. The van der Waals surface area contributed by atoms with Gasteiger partial charge in [0.1, 0.15) is 0 Å². The van der Waals surface area contributed by atoms with E-state index in [4.69, 9.17) is 17.3 Å². The summed E-state index contributed by atoms with van der Waals surface area (Å²) in [4.78, 5) is 23.2. The number of halogens is 1. The minimum atomic E-state index is -0.679. The summed E-state index contributed by atoms with van der Waals surface area (Å²) < 4.78 is 1.53. The third kappa shape index (κ3) is 3.96. The number of benzene rings is 2. The molecular formula is C17H14ClN5O2. The molecule has 1 aromatic heterocycles. The minimum Gasteiger partial charge on any atom is -0.351 e. The van der Waals surface area contributed by atoms with Crippen molar-refractivity contribution in [3.63, 3.8) is 0 Å². The molecule has 8 heteroatoms. The van der Waals surface area contributed by atoms with Crippen molar-refractivity contribution in [2.75, 3.05) is 10.6 Å². The van der Waals surface area contributed by atoms with Gasteiger partial charge in [-0.3, -0.25) is 4.79 Å². The third-order valence-electron chi connectivity index (χ3n) is 3.31. The molecule has 1 heterocycles. The van der Waals surface area contributed by atoms with E-state index in [1.165, 1.54) is 4.68 Å². The first-order chi connectivity index (χ1) is 12.0. The number of primary amides is 1. The number of nitrogens with one attached hydrogen (secondary N) is 2. The molecule has 4 N–H and O–H groups in total. The first-order valence-corrected chi connectivity index (χ1v) is 7.69. The number of anilines is 2. The van der Waals surface area contributed by atoms with Gasteiger partial charge >= 0.3 is 6.03 Å². The van der Waals surface area contributed by atoms with Crippen LogP contribution >= 0.6 is 11.6 Å². The van der Waals surface area contributed by atoms with Crippen LogP contribution < -0.4 is 16.4 Å². The zero-order valence-corrected chi connectivity index (χ0v) is 13.7. The molecule has 0 aliphatic carbocycles. The molecular weight excluding hydrogens is 342 g/mol. The lowest BCUT2D eigenvalue weighted by atomic mass is 10.2. The molecule has 126 valence electrons. The van der Waals surface area contributed by atoms with Crippen LogP contribution in [0.15, 0.2) is 60.8 Å². The van der Waals surface area contributed by atoms with Gasteiger partial charge in [0.2, 0.25) is 0 Å². The Morgan fingerprint density at radius 2 is 1.72 bits per heavy atom. The van der Waals surface area contributed by atoms with Crippen molar-refractivity contribution in [1.29, 1.82) is 0 Å². The molecule has 0 fully saturated rings. The normalized spacial score (nSPS) is 10.3. The summed E-state index contributed by atoms with van der Waals surface area (Å²) in [5.74, 6) is -0.387. The van der Waals surface area contributed by atoms with Crippen molar-refractivity contribution >= 4 is 34.9 Å². The van der Waals surface area contributed by atoms with Crippen LogP contribution in [0.4, 0.5) is 16.2 Å². The summed E-state index contributed by atoms with van der Waals surface area (Å²) in [5, 5.41) is 9.92. The zero-order valence-electron chi connectivity index (χ0n) is 12.9. The molecule has 0 saturated heterocycles. The molecule has 2 aromatic carbocycles. The second kappa shape index (κ2) is 7.06. The van der Waals surface area contributed by atoms with Crippen molar-refractivity contribution < 1.29 is 9.59 Å². The Hall–Kier alpha value is -3.32. The van der Waals surface area contributed by atoms with Crippen LogP contribution in [-0.2, 0) is 0 Å². The Bertz CT molecular complexity index is 938. The molecule has 0 saturated carbocycles. The van der Waals surface area contributed by atoms with Gasteiger partial charge in [-0.2, -0.15) is 5.10 Å². The fraction of sp³-hybridized carbons (Fsp3) is 0. The summed E-state index contributed by atoms with van der Waals surface area (Å²) in [6.07, 6.45) is 1.65. The molecule has 0 spiro atoms. The predicted octanol–water partition coefficient (Wildman–Crippen LogP) is 3.27. The van der Waals surface area contributed by atoms with E-state index in [0.29, 0.717) is 22.1 Å². The van der Waals surface area contributed by atoms with Gasteiger partial charge in [0.05, 0.1) is 10.7 Å². The van der Waals surface area contributed by atoms with E-state index < -0.39 is 6.03 Å². The summed E-state index contributed by atoms with van der Waals surface area (Å²) in [6.45, 7) is 0. The molecule has 25 heavy (non-hydrogen) atoms. The molecule has 0 radical (unpaired) electrons. The van der Waals surface area contributed by atoms with Gasteiger partial charge in [0.15, 0.2) is 5.69 Å². The van der Waals surface area contributed by atoms with E-state index in [-0.39, 0.29) is 11.6 Å². The van der Waals surface area contributed by atoms with E-state index >= 15 is 0 Å². The molecule has 7 nitrogen and oxygen atoms in total. The number of para-hydroxylation sites is 1. The summed E-state index contributed by atoms with van der Waals surface area (Å²) in [5.41, 5.74) is 6.96. The van der Waals surface area contributed by atoms with Crippen molar-refractivity contribution in [1.82, 2.24) is 9.78 Å². The Kier molecular flexibility index (Phi) is 4.67. The summed E-state index contributed by atoms with van der Waals surface area (Å²) in [7, 11) is 0. The molecule has 3 aromatic rings. The Morgan fingerprint density at radius 1 is 1.00 bits per heavy atom. The van der Waals surface area contributed by atoms with Crippen LogP contribution in [0, 0.1) is 0 Å². The van der Waals surface area contributed by atoms with E-state index in [1.54, 1.807) is 48.7 Å². The highest BCUT2D eigenvalue weighted by molar-refractivity contribution is 6.32. The van der Waals surface area contributed by atoms with Crippen molar-refractivity contribution in [3.8, 4) is 5.69 Å². The van der Waals surface area contributed by atoms with Crippen LogP contribution in [0.5, 0.6) is 0 Å². The molecule has 0 bridgehead atoms. The highest BCUT2D eigenvalue weighted by atomic mass is 35.5. The van der Waals surface area contributed by atoms with E-state index in [2.05, 4.69) is 15.7 Å². The SMILES string of the molecule is NC(=O)Nc1cccc(NC(=O)c2ccn(-c3ccccc3Cl)n2)c1. The molecule has 3 rings (SSSR count). The van der Waals surface area contributed by atoms with Gasteiger partial charge < -0.3 is 16.4 Å². The quantitative estimate of drug-likeness (QED) is 0.669. The largest absolute Gasteiger partial charge is 0.351 e. The standard InChI is InChI=1S/C17H14ClN5O2/c18-13-6-1-2-7-15(13)23-9-8-14(22-23)16(24)20-11-4-3-5-12(10-11)21-17(19)25/h1-10H,(H,20,24)(H3,19,21,25). The fourth-order valence-corrected chi connectivity index (χ4v) is 2.45. The topological polar surface area (TPSA) is 102 Å². The molecule has 0 aliphatic rings. The number of nitrogens with zero attached hydrogens (tertiary/aromatic N) is 2. The number of rotatable bonds is 4. The van der Waals surface area contributed by atoms with E-state index in [0.717, 1.165) is 0 Å². The summed E-state index contributed by atoms with van der Waals surface area (Å²) in [6, 6.07) is 14.7. The Balaban J connectivity index is 1.76. The van der Waals surface area contributed by atoms with E-state index in [9.17, 15) is 9.59 Å². The third-order valence-corrected chi connectivity index (χ3v) is 3.63. The number of nitrogens with two attached hydrogens (primary N) is 1. The molecule has 0 unspecified atom stereocenters. The lowest BCUT2D eigenvalue weighted by molar-refractivity contribution is 0.102. The predicted molar refractivity (Wildman–Crippen MR) is 96.2 cm³/mol. The first kappa shape index (κ1) is 16.5. The highest BCUT2D eigenvalue weighted by Gasteiger charge is 2.12. The summed E-state index contributed by atoms with van der Waals surface area (Å²) >= 11 is 6.13. The van der Waals surface area contributed by atoms with Crippen molar-refractivity contribution in [2.45, 2.75) is 0 Å². The van der Waals surface area contributed by atoms with Gasteiger partial charge in [-0.25, -0.2) is 9.48 Å². The maximum Gasteiger partial charge on any atom is 0.316 e. The van der Waals surface area contributed by atoms with Crippen molar-refractivity contribution in [2.24, 2.45) is 5.73 Å². The first-order valence-electron chi connectivity index (χ1n) is 7.31. The van der Waals surface area contributed by atoms with E-state index in [1.807, 2.05) is 12.1 Å². The maximum atomic E-state index is 12.3. The molecule has 0 atom stereocenters. The Labute approximate surface area is 148 Å². The fourth-order valence-electron chi connectivity index (χ4n) is 2.23. The van der Waals surface area contributed by atoms with Gasteiger partial charge in [-0.1, -0.05) is 29.8 Å². The number of carbonyl (C=O) groups excluding carboxylic acids is 2. The minimum absolute atomic E-state index is 0.230. The van der Waals surface area contributed by atoms with Gasteiger partial charge in [0, 0.05) is 17.6 Å². The van der Waals surface area contributed by atoms with Gasteiger partial charge in [-0.05, 0) is 36.4 Å². The number of hydrogen-bond donors (Lipinski definition) is 3. The zero-order chi connectivity index (χ0) is 17.8. The number of urea groups is 1. The maximum absolute atomic E-state index is 12.3. The van der Waals surface area contributed by atoms with Crippen molar-refractivity contribution in [3.05, 3.63) is 71.5 Å². The second-order valence-corrected chi connectivity index (χ2v) is 5.53. The number of amides is 3. The number of hydrogen-bond acceptors (Lipinski definition) is 3. The van der Waals surface area contributed by atoms with Gasteiger partial charge in [-0.15, -0.1) is 0 Å². The lowest BCUT2D eigenvalue weighted by Crippen LogP contribution is -2.19. The Morgan fingerprint density at radius 3 is 2.44 bits per heavy atom. The van der Waals surface area contributed by atoms with Crippen LogP contribution in [0.25, 0.3) is 5.69 Å². The van der Waals surface area contributed by atoms with Crippen LogP contribution in [0.1, 0.15) is 10.5 Å². The smallest absolute Gasteiger partial charge is 0.316 e. The number of aromatic nitrogens is 2. The van der Waals surface area contributed by atoms with Gasteiger partial charge in [0.25, 0.3) is 5.91 Å². The molecule has 3 amide bonds. The average Bonchev–Trinajstić information content (AvgIpc) is 3.05. The van der Waals surface area contributed by atoms with Crippen LogP contribution in [0.2, 0.25) is 5.02 Å². The van der Waals surface area contributed by atoms with Crippen LogP contribution in [0.3, 0.4) is 0 Å². The molecule has 0 aliphatic heterocycles. The average molecular weight is 356 g/mol.